The van der Waals surface area contributed by atoms with Crippen molar-refractivity contribution in [1.29, 1.82) is 0 Å². The molecule has 1 aromatic rings. The third kappa shape index (κ3) is 4.06. The molecule has 1 aromatic carbocycles. The highest BCUT2D eigenvalue weighted by molar-refractivity contribution is 6.38. The van der Waals surface area contributed by atoms with E-state index < -0.39 is 46.7 Å². The van der Waals surface area contributed by atoms with Gasteiger partial charge >= 0.3 is 12.1 Å². The largest absolute Gasteiger partial charge is 0.465 e. The van der Waals surface area contributed by atoms with E-state index in [-0.39, 0.29) is 21.3 Å². The van der Waals surface area contributed by atoms with Crippen LogP contribution in [0.1, 0.15) is 50.4 Å². The van der Waals surface area contributed by atoms with Crippen LogP contribution >= 0.6 is 23.2 Å². The molecule has 0 spiro atoms. The number of carbonyl (C=O) groups is 5. The Morgan fingerprint density at radius 3 is 2.28 bits per heavy atom. The van der Waals surface area contributed by atoms with Crippen molar-refractivity contribution in [1.82, 2.24) is 4.90 Å². The fourth-order valence-corrected chi connectivity index (χ4v) is 4.10. The molecule has 1 aliphatic carbocycles. The molecule has 0 radical (unpaired) electrons. The second-order valence-electron chi connectivity index (χ2n) is 8.25. The predicted molar refractivity (Wildman–Crippen MR) is 115 cm³/mol. The number of amides is 3. The van der Waals surface area contributed by atoms with E-state index in [0.29, 0.717) is 24.2 Å². The lowest BCUT2D eigenvalue weighted by Crippen LogP contribution is -2.55. The first-order valence-electron chi connectivity index (χ1n) is 9.87. The number of nitrogens with zero attached hydrogens (tertiary/aromatic N) is 1. The van der Waals surface area contributed by atoms with Crippen LogP contribution in [0.4, 0.5) is 10.5 Å². The Morgan fingerprint density at radius 1 is 1.19 bits per heavy atom. The van der Waals surface area contributed by atoms with Crippen molar-refractivity contribution >= 4 is 58.5 Å². The summed E-state index contributed by atoms with van der Waals surface area (Å²) in [6.07, 6.45) is 0.448. The molecule has 172 valence electrons. The number of carbonyl (C=O) groups excluding carboxylic acids is 5. The van der Waals surface area contributed by atoms with E-state index in [9.17, 15) is 24.0 Å². The quantitative estimate of drug-likeness (QED) is 0.463. The third-order valence-electron chi connectivity index (χ3n) is 5.80. The smallest absolute Gasteiger partial charge is 0.418 e. The minimum Gasteiger partial charge on any atom is -0.465 e. The molecule has 1 saturated heterocycles. The van der Waals surface area contributed by atoms with Crippen molar-refractivity contribution in [2.75, 3.05) is 12.4 Å². The molecule has 1 unspecified atom stereocenters. The van der Waals surface area contributed by atoms with Gasteiger partial charge in [-0.25, -0.2) is 14.5 Å². The summed E-state index contributed by atoms with van der Waals surface area (Å²) in [5.74, 6) is -3.09. The van der Waals surface area contributed by atoms with Crippen LogP contribution in [0.15, 0.2) is 12.1 Å². The van der Waals surface area contributed by atoms with Crippen LogP contribution in [0.3, 0.4) is 0 Å². The lowest BCUT2D eigenvalue weighted by atomic mass is 9.90. The molecule has 2 aliphatic rings. The first-order valence-corrected chi connectivity index (χ1v) is 10.6. The first-order chi connectivity index (χ1) is 14.9. The minimum absolute atomic E-state index is 0.00422. The zero-order chi connectivity index (χ0) is 24.0. The summed E-state index contributed by atoms with van der Waals surface area (Å²) in [5.41, 5.74) is -2.42. The zero-order valence-electron chi connectivity index (χ0n) is 17.9. The average Bonchev–Trinajstić information content (AvgIpc) is 3.49. The van der Waals surface area contributed by atoms with Gasteiger partial charge in [0.15, 0.2) is 17.4 Å². The fraction of sp³-hybridized carbons (Fsp3) is 0.476. The third-order valence-corrected chi connectivity index (χ3v) is 6.43. The monoisotopic (exact) mass is 484 g/mol. The molecule has 1 saturated carbocycles. The number of Topliss-reactive ketones (excluding diaryl/α,β-unsaturated/α-hetero) is 1. The summed E-state index contributed by atoms with van der Waals surface area (Å²) in [6.45, 7) is 4.54. The standard InChI is InChI=1S/C21H22Cl2N2O7/c1-5-21(6-7-21)15(26)14(25-18(29)20(2,3)32-19(25)30)16(27)24-13-8-10(17(28)31-4)11(22)9-12(13)23/h8-9,14H,5-7H2,1-4H3,(H,24,27). The van der Waals surface area contributed by atoms with Crippen LogP contribution in [-0.2, 0) is 23.9 Å². The summed E-state index contributed by atoms with van der Waals surface area (Å²) in [4.78, 5) is 64.4. The number of benzene rings is 1. The van der Waals surface area contributed by atoms with Gasteiger partial charge in [-0.05, 0) is 45.2 Å². The van der Waals surface area contributed by atoms with Gasteiger partial charge in [-0.2, -0.15) is 0 Å². The molecule has 3 amide bonds. The highest BCUT2D eigenvalue weighted by Crippen LogP contribution is 2.51. The Morgan fingerprint density at radius 2 is 1.81 bits per heavy atom. The van der Waals surface area contributed by atoms with Crippen LogP contribution in [0.2, 0.25) is 10.0 Å². The van der Waals surface area contributed by atoms with Crippen LogP contribution in [0, 0.1) is 5.41 Å². The van der Waals surface area contributed by atoms with Crippen molar-refractivity contribution in [3.8, 4) is 0 Å². The molecule has 32 heavy (non-hydrogen) atoms. The topological polar surface area (TPSA) is 119 Å². The van der Waals surface area contributed by atoms with Crippen LogP contribution < -0.4 is 5.32 Å². The van der Waals surface area contributed by atoms with Gasteiger partial charge in [0.05, 0.1) is 28.4 Å². The van der Waals surface area contributed by atoms with Gasteiger partial charge in [0, 0.05) is 5.41 Å². The summed E-state index contributed by atoms with van der Waals surface area (Å²) in [5, 5.41) is 2.42. The maximum absolute atomic E-state index is 13.3. The molecular formula is C21H22Cl2N2O7. The molecule has 1 N–H and O–H groups in total. The van der Waals surface area contributed by atoms with E-state index in [1.807, 2.05) is 0 Å². The average molecular weight is 485 g/mol. The van der Waals surface area contributed by atoms with Gasteiger partial charge in [-0.1, -0.05) is 30.1 Å². The number of hydrogen-bond donors (Lipinski definition) is 1. The number of cyclic esters (lactones) is 1. The first kappa shape index (κ1) is 24.0. The van der Waals surface area contributed by atoms with Crippen LogP contribution in [-0.4, -0.2) is 53.3 Å². The second kappa shape index (κ2) is 8.37. The van der Waals surface area contributed by atoms with Gasteiger partial charge in [-0.15, -0.1) is 0 Å². The number of ketones is 1. The van der Waals surface area contributed by atoms with E-state index in [0.717, 1.165) is 7.11 Å². The summed E-state index contributed by atoms with van der Waals surface area (Å²) in [7, 11) is 1.16. The van der Waals surface area contributed by atoms with E-state index >= 15 is 0 Å². The number of anilines is 1. The normalized spacial score (nSPS) is 19.2. The predicted octanol–water partition coefficient (Wildman–Crippen LogP) is 3.60. The maximum Gasteiger partial charge on any atom is 0.418 e. The van der Waals surface area contributed by atoms with Gasteiger partial charge < -0.3 is 14.8 Å². The summed E-state index contributed by atoms with van der Waals surface area (Å²) < 4.78 is 9.73. The second-order valence-corrected chi connectivity index (χ2v) is 9.06. The molecule has 1 atom stereocenters. The number of halogens is 2. The number of esters is 1. The Labute approximate surface area is 194 Å². The van der Waals surface area contributed by atoms with E-state index in [1.165, 1.54) is 26.0 Å². The Hall–Kier alpha value is -2.65. The van der Waals surface area contributed by atoms with E-state index in [4.69, 9.17) is 27.9 Å². The molecular weight excluding hydrogens is 463 g/mol. The van der Waals surface area contributed by atoms with E-state index in [2.05, 4.69) is 10.1 Å². The number of methoxy groups -OCH3 is 1. The Balaban J connectivity index is 2.01. The van der Waals surface area contributed by atoms with Gasteiger partial charge in [0.1, 0.15) is 0 Å². The number of rotatable bonds is 7. The summed E-state index contributed by atoms with van der Waals surface area (Å²) >= 11 is 12.2. The molecule has 0 bridgehead atoms. The van der Waals surface area contributed by atoms with Crippen LogP contribution in [0.5, 0.6) is 0 Å². The number of hydrogen-bond acceptors (Lipinski definition) is 7. The number of nitrogens with one attached hydrogen (secondary N) is 1. The SMILES string of the molecule is CCC1(C(=O)C(C(=O)Nc2cc(C(=O)OC)c(Cl)cc2Cl)N2C(=O)OC(C)(C)C2=O)CC1. The molecule has 1 heterocycles. The Kier molecular flexibility index (Phi) is 6.27. The number of ether oxygens (including phenoxy) is 2. The van der Waals surface area contributed by atoms with Gasteiger partial charge in [0.25, 0.3) is 11.8 Å². The highest BCUT2D eigenvalue weighted by atomic mass is 35.5. The molecule has 0 aromatic heterocycles. The number of imide groups is 1. The fourth-order valence-electron chi connectivity index (χ4n) is 3.59. The maximum atomic E-state index is 13.3. The summed E-state index contributed by atoms with van der Waals surface area (Å²) in [6, 6.07) is 0.665. The van der Waals surface area contributed by atoms with Gasteiger partial charge in [0.2, 0.25) is 0 Å². The van der Waals surface area contributed by atoms with E-state index in [1.54, 1.807) is 6.92 Å². The Bertz CT molecular complexity index is 1030. The lowest BCUT2D eigenvalue weighted by Gasteiger charge is -2.26. The van der Waals surface area contributed by atoms with Crippen molar-refractivity contribution < 1.29 is 33.4 Å². The molecule has 3 rings (SSSR count). The van der Waals surface area contributed by atoms with Crippen LogP contribution in [0.25, 0.3) is 0 Å². The zero-order valence-corrected chi connectivity index (χ0v) is 19.4. The lowest BCUT2D eigenvalue weighted by molar-refractivity contribution is -0.144. The minimum atomic E-state index is -1.76. The molecule has 9 nitrogen and oxygen atoms in total. The highest BCUT2D eigenvalue weighted by Gasteiger charge is 2.59. The van der Waals surface area contributed by atoms with Crippen molar-refractivity contribution in [3.63, 3.8) is 0 Å². The van der Waals surface area contributed by atoms with Crippen molar-refractivity contribution in [3.05, 3.63) is 27.7 Å². The molecule has 11 heteroatoms. The van der Waals surface area contributed by atoms with Gasteiger partial charge in [-0.3, -0.25) is 14.4 Å². The molecule has 1 aliphatic heterocycles. The van der Waals surface area contributed by atoms with Crippen molar-refractivity contribution in [2.24, 2.45) is 5.41 Å². The van der Waals surface area contributed by atoms with Crippen molar-refractivity contribution in [2.45, 2.75) is 51.7 Å². The molecule has 2 fully saturated rings.